The van der Waals surface area contributed by atoms with Crippen molar-refractivity contribution in [2.24, 2.45) is 5.73 Å². The van der Waals surface area contributed by atoms with Crippen LogP contribution in [0.15, 0.2) is 0 Å². The van der Waals surface area contributed by atoms with Crippen molar-refractivity contribution in [3.8, 4) is 0 Å². The third-order valence-electron chi connectivity index (χ3n) is 3.23. The van der Waals surface area contributed by atoms with Crippen molar-refractivity contribution in [2.75, 3.05) is 52.8 Å². The number of hydrogen-bond acceptors (Lipinski definition) is 6. The van der Waals surface area contributed by atoms with Gasteiger partial charge in [0, 0.05) is 13.0 Å². The minimum absolute atomic E-state index is 0.127. The molecule has 2 N–H and O–H groups in total. The summed E-state index contributed by atoms with van der Waals surface area (Å²) in [6, 6.07) is 0. The minimum Gasteiger partial charge on any atom is -0.463 e. The zero-order chi connectivity index (χ0) is 17.0. The summed E-state index contributed by atoms with van der Waals surface area (Å²) < 4.78 is 20.9. The molecule has 0 saturated heterocycles. The maximum atomic E-state index is 11.5. The summed E-state index contributed by atoms with van der Waals surface area (Å²) in [6.45, 7) is 6.10. The first kappa shape index (κ1) is 22.3. The Hall–Kier alpha value is -0.690. The fourth-order valence-electron chi connectivity index (χ4n) is 1.96. The Morgan fingerprint density at radius 3 is 1.87 bits per heavy atom. The molecule has 0 aliphatic carbocycles. The summed E-state index contributed by atoms with van der Waals surface area (Å²) in [6.07, 6.45) is 7.54. The van der Waals surface area contributed by atoms with E-state index in [0.29, 0.717) is 59.2 Å². The first-order valence-electron chi connectivity index (χ1n) is 8.90. The molecule has 0 rings (SSSR count). The number of hydrogen-bond donors (Lipinski definition) is 1. The van der Waals surface area contributed by atoms with Crippen LogP contribution < -0.4 is 5.73 Å². The monoisotopic (exact) mass is 333 g/mol. The molecule has 6 heteroatoms. The van der Waals surface area contributed by atoms with Crippen LogP contribution in [0.2, 0.25) is 0 Å². The first-order valence-corrected chi connectivity index (χ1v) is 8.90. The summed E-state index contributed by atoms with van der Waals surface area (Å²) >= 11 is 0. The number of rotatable bonds is 18. The quantitative estimate of drug-likeness (QED) is 0.306. The largest absolute Gasteiger partial charge is 0.463 e. The number of esters is 1. The summed E-state index contributed by atoms with van der Waals surface area (Å²) in [5.74, 6) is -0.127. The number of carbonyl (C=O) groups excluding carboxylic acids is 1. The van der Waals surface area contributed by atoms with Crippen LogP contribution in [0.1, 0.15) is 51.9 Å². The molecule has 23 heavy (non-hydrogen) atoms. The second-order valence-corrected chi connectivity index (χ2v) is 5.36. The van der Waals surface area contributed by atoms with Gasteiger partial charge in [-0.1, -0.05) is 39.0 Å². The zero-order valence-electron chi connectivity index (χ0n) is 14.7. The van der Waals surface area contributed by atoms with Crippen molar-refractivity contribution >= 4 is 5.97 Å². The standard InChI is InChI=1S/C17H35NO5/c1-2-3-4-5-6-7-8-17(19)23-16-15-22-14-13-21-12-11-20-10-9-18/h2-16,18H2,1H3. The van der Waals surface area contributed by atoms with E-state index >= 15 is 0 Å². The molecule has 0 aromatic rings. The highest BCUT2D eigenvalue weighted by atomic mass is 16.6. The number of unbranched alkanes of at least 4 members (excludes halogenated alkanes) is 5. The first-order chi connectivity index (χ1) is 11.3. The average molecular weight is 333 g/mol. The van der Waals surface area contributed by atoms with E-state index in [0.717, 1.165) is 12.8 Å². The Balaban J connectivity index is 3.11. The number of ether oxygens (including phenoxy) is 4. The Labute approximate surface area is 141 Å². The minimum atomic E-state index is -0.127. The Bertz CT molecular complexity index is 251. The van der Waals surface area contributed by atoms with Gasteiger partial charge in [-0.05, 0) is 6.42 Å². The van der Waals surface area contributed by atoms with Gasteiger partial charge >= 0.3 is 5.97 Å². The van der Waals surface area contributed by atoms with Gasteiger partial charge in [0.05, 0.1) is 39.6 Å². The molecule has 0 heterocycles. The molecule has 138 valence electrons. The van der Waals surface area contributed by atoms with E-state index in [1.54, 1.807) is 0 Å². The maximum Gasteiger partial charge on any atom is 0.305 e. The lowest BCUT2D eigenvalue weighted by Crippen LogP contribution is -2.15. The lowest BCUT2D eigenvalue weighted by molar-refractivity contribution is -0.145. The van der Waals surface area contributed by atoms with Crippen LogP contribution in [-0.2, 0) is 23.7 Å². The van der Waals surface area contributed by atoms with Gasteiger partial charge in [-0.25, -0.2) is 0 Å². The smallest absolute Gasteiger partial charge is 0.305 e. The molecule has 0 aromatic carbocycles. The normalized spacial score (nSPS) is 10.9. The van der Waals surface area contributed by atoms with Crippen molar-refractivity contribution < 1.29 is 23.7 Å². The van der Waals surface area contributed by atoms with Gasteiger partial charge in [-0.2, -0.15) is 0 Å². The molecule has 0 aliphatic rings. The van der Waals surface area contributed by atoms with E-state index in [9.17, 15) is 4.79 Å². The predicted octanol–water partition coefficient (Wildman–Crippen LogP) is 2.29. The fraction of sp³-hybridized carbons (Fsp3) is 0.941. The van der Waals surface area contributed by atoms with Crippen molar-refractivity contribution in [1.82, 2.24) is 0 Å². The molecule has 0 bridgehead atoms. The molecule has 0 amide bonds. The maximum absolute atomic E-state index is 11.5. The molecule has 0 spiro atoms. The molecule has 0 aromatic heterocycles. The predicted molar refractivity (Wildman–Crippen MR) is 90.5 cm³/mol. The fourth-order valence-corrected chi connectivity index (χ4v) is 1.96. The van der Waals surface area contributed by atoms with E-state index in [-0.39, 0.29) is 5.97 Å². The summed E-state index contributed by atoms with van der Waals surface area (Å²) in [7, 11) is 0. The Morgan fingerprint density at radius 1 is 0.739 bits per heavy atom. The summed E-state index contributed by atoms with van der Waals surface area (Å²) in [4.78, 5) is 11.5. The Kier molecular flexibility index (Phi) is 18.8. The number of nitrogens with two attached hydrogens (primary N) is 1. The van der Waals surface area contributed by atoms with Crippen LogP contribution in [0.3, 0.4) is 0 Å². The van der Waals surface area contributed by atoms with Gasteiger partial charge < -0.3 is 24.7 Å². The van der Waals surface area contributed by atoms with Crippen LogP contribution >= 0.6 is 0 Å². The van der Waals surface area contributed by atoms with Gasteiger partial charge in [-0.3, -0.25) is 4.79 Å². The van der Waals surface area contributed by atoms with E-state index in [1.807, 2.05) is 0 Å². The number of carbonyl (C=O) groups is 1. The lowest BCUT2D eigenvalue weighted by Gasteiger charge is -2.07. The molecular weight excluding hydrogens is 298 g/mol. The second-order valence-electron chi connectivity index (χ2n) is 5.36. The van der Waals surface area contributed by atoms with Crippen LogP contribution in [0, 0.1) is 0 Å². The van der Waals surface area contributed by atoms with Crippen LogP contribution in [-0.4, -0.2) is 58.8 Å². The summed E-state index contributed by atoms with van der Waals surface area (Å²) in [5.41, 5.74) is 5.29. The third kappa shape index (κ3) is 19.3. The van der Waals surface area contributed by atoms with Crippen molar-refractivity contribution in [3.05, 3.63) is 0 Å². The van der Waals surface area contributed by atoms with Gasteiger partial charge in [0.25, 0.3) is 0 Å². The zero-order valence-corrected chi connectivity index (χ0v) is 14.7. The van der Waals surface area contributed by atoms with Crippen LogP contribution in [0.4, 0.5) is 0 Å². The molecule has 0 unspecified atom stereocenters. The van der Waals surface area contributed by atoms with Crippen molar-refractivity contribution in [2.45, 2.75) is 51.9 Å². The summed E-state index contributed by atoms with van der Waals surface area (Å²) in [5, 5.41) is 0. The van der Waals surface area contributed by atoms with Gasteiger partial charge in [0.15, 0.2) is 0 Å². The van der Waals surface area contributed by atoms with Crippen molar-refractivity contribution in [3.63, 3.8) is 0 Å². The topological polar surface area (TPSA) is 80.0 Å². The lowest BCUT2D eigenvalue weighted by atomic mass is 10.1. The molecule has 0 atom stereocenters. The van der Waals surface area contributed by atoms with E-state index in [2.05, 4.69) is 6.92 Å². The average Bonchev–Trinajstić information content (AvgIpc) is 2.56. The highest BCUT2D eigenvalue weighted by Crippen LogP contribution is 2.07. The van der Waals surface area contributed by atoms with Crippen LogP contribution in [0.5, 0.6) is 0 Å². The van der Waals surface area contributed by atoms with Crippen LogP contribution in [0.25, 0.3) is 0 Å². The highest BCUT2D eigenvalue weighted by Gasteiger charge is 2.02. The second kappa shape index (κ2) is 19.4. The molecule has 0 saturated carbocycles. The van der Waals surface area contributed by atoms with Gasteiger partial charge in [0.2, 0.25) is 0 Å². The molecule has 0 aliphatic heterocycles. The van der Waals surface area contributed by atoms with E-state index in [4.69, 9.17) is 24.7 Å². The molecule has 0 fully saturated rings. The SMILES string of the molecule is CCCCCCCCC(=O)OCCOCCOCCOCCN. The molecule has 6 nitrogen and oxygen atoms in total. The van der Waals surface area contributed by atoms with Gasteiger partial charge in [0.1, 0.15) is 6.61 Å². The van der Waals surface area contributed by atoms with E-state index < -0.39 is 0 Å². The van der Waals surface area contributed by atoms with Gasteiger partial charge in [-0.15, -0.1) is 0 Å². The molecule has 0 radical (unpaired) electrons. The Morgan fingerprint density at radius 2 is 1.26 bits per heavy atom. The van der Waals surface area contributed by atoms with Crippen molar-refractivity contribution in [1.29, 1.82) is 0 Å². The molecular formula is C17H35NO5. The van der Waals surface area contributed by atoms with E-state index in [1.165, 1.54) is 25.7 Å². The highest BCUT2D eigenvalue weighted by molar-refractivity contribution is 5.69. The third-order valence-corrected chi connectivity index (χ3v) is 3.23.